The Morgan fingerprint density at radius 1 is 1.11 bits per heavy atom. The Kier molecular flexibility index (Phi) is 5.61. The van der Waals surface area contributed by atoms with Gasteiger partial charge in [0.2, 0.25) is 15.2 Å². The lowest BCUT2D eigenvalue weighted by Crippen LogP contribution is -2.24. The number of amides is 1. The first-order valence-electron chi connectivity index (χ1n) is 7.73. The molecule has 2 N–H and O–H groups in total. The van der Waals surface area contributed by atoms with Crippen molar-refractivity contribution in [2.24, 2.45) is 0 Å². The molecule has 0 fully saturated rings. The number of aromatic nitrogens is 2. The number of hydrogen-bond acceptors (Lipinski definition) is 6. The molecule has 2 aromatic carbocycles. The normalized spacial score (nSPS) is 10.9. The van der Waals surface area contributed by atoms with Crippen LogP contribution in [0.2, 0.25) is 0 Å². The molecule has 1 aromatic heterocycles. The predicted molar refractivity (Wildman–Crippen MR) is 104 cm³/mol. The molecule has 0 saturated heterocycles. The number of terminal acetylenes is 1. The van der Waals surface area contributed by atoms with Crippen LogP contribution in [0.25, 0.3) is 10.6 Å². The average Bonchev–Trinajstić information content (AvgIpc) is 3.16. The molecule has 1 heterocycles. The summed E-state index contributed by atoms with van der Waals surface area (Å²) in [5, 5.41) is 11.6. The summed E-state index contributed by atoms with van der Waals surface area (Å²) < 4.78 is 26.5. The molecule has 0 spiro atoms. The third kappa shape index (κ3) is 4.57. The molecule has 0 saturated carbocycles. The van der Waals surface area contributed by atoms with Gasteiger partial charge in [0.05, 0.1) is 11.4 Å². The Labute approximate surface area is 160 Å². The average molecular weight is 398 g/mol. The van der Waals surface area contributed by atoms with Gasteiger partial charge in [0.25, 0.3) is 5.91 Å². The molecule has 0 radical (unpaired) electrons. The number of anilines is 1. The largest absolute Gasteiger partial charge is 0.296 e. The molecule has 7 nitrogen and oxygen atoms in total. The first-order chi connectivity index (χ1) is 13.0. The Hall–Kier alpha value is -3.06. The number of hydrogen-bond donors (Lipinski definition) is 2. The van der Waals surface area contributed by atoms with Crippen LogP contribution < -0.4 is 10.0 Å². The summed E-state index contributed by atoms with van der Waals surface area (Å²) in [5.74, 6) is 1.71. The fourth-order valence-corrected chi connectivity index (χ4v) is 3.89. The Bertz CT molecular complexity index is 1100. The molecule has 3 aromatic rings. The van der Waals surface area contributed by atoms with Gasteiger partial charge in [0.1, 0.15) is 5.01 Å². The highest BCUT2D eigenvalue weighted by atomic mass is 32.2. The van der Waals surface area contributed by atoms with Crippen molar-refractivity contribution in [3.05, 3.63) is 60.2 Å². The van der Waals surface area contributed by atoms with Crippen LogP contribution in [0, 0.1) is 12.3 Å². The van der Waals surface area contributed by atoms with Gasteiger partial charge in [-0.1, -0.05) is 53.7 Å². The summed E-state index contributed by atoms with van der Waals surface area (Å²) in [4.78, 5) is 12.4. The van der Waals surface area contributed by atoms with Gasteiger partial charge >= 0.3 is 0 Å². The highest BCUT2D eigenvalue weighted by Gasteiger charge is 2.16. The molecular weight excluding hydrogens is 384 g/mol. The van der Waals surface area contributed by atoms with Crippen LogP contribution in [-0.2, 0) is 10.0 Å². The summed E-state index contributed by atoms with van der Waals surface area (Å²) in [6.07, 6.45) is 5.07. The zero-order valence-electron chi connectivity index (χ0n) is 13.9. The van der Waals surface area contributed by atoms with E-state index in [9.17, 15) is 13.2 Å². The van der Waals surface area contributed by atoms with E-state index in [1.165, 1.54) is 35.6 Å². The molecule has 0 unspecified atom stereocenters. The van der Waals surface area contributed by atoms with E-state index in [4.69, 9.17) is 6.42 Å². The number of carbonyl (C=O) groups excluding carboxylic acids is 1. The van der Waals surface area contributed by atoms with Gasteiger partial charge in [-0.2, -0.15) is 4.72 Å². The lowest BCUT2D eigenvalue weighted by molar-refractivity contribution is 0.102. The maximum Gasteiger partial charge on any atom is 0.257 e. The number of carbonyl (C=O) groups is 1. The summed E-state index contributed by atoms with van der Waals surface area (Å²) in [7, 11) is -3.78. The van der Waals surface area contributed by atoms with E-state index in [0.717, 1.165) is 5.56 Å². The van der Waals surface area contributed by atoms with E-state index in [0.29, 0.717) is 10.1 Å². The smallest absolute Gasteiger partial charge is 0.257 e. The number of nitrogens with one attached hydrogen (secondary N) is 2. The van der Waals surface area contributed by atoms with E-state index in [1.807, 2.05) is 30.3 Å². The highest BCUT2D eigenvalue weighted by molar-refractivity contribution is 7.89. The molecule has 0 bridgehead atoms. The van der Waals surface area contributed by atoms with Crippen molar-refractivity contribution in [2.75, 3.05) is 11.9 Å². The lowest BCUT2D eigenvalue weighted by Gasteiger charge is -2.06. The molecule has 9 heteroatoms. The van der Waals surface area contributed by atoms with Crippen LogP contribution >= 0.6 is 11.3 Å². The fraction of sp³-hybridized carbons (Fsp3) is 0.0556. The molecule has 0 aliphatic heterocycles. The van der Waals surface area contributed by atoms with Crippen LogP contribution in [-0.4, -0.2) is 31.1 Å². The van der Waals surface area contributed by atoms with Crippen LogP contribution in [0.4, 0.5) is 5.13 Å². The van der Waals surface area contributed by atoms with E-state index < -0.39 is 15.9 Å². The minimum Gasteiger partial charge on any atom is -0.296 e. The van der Waals surface area contributed by atoms with Crippen LogP contribution in [0.1, 0.15) is 10.4 Å². The van der Waals surface area contributed by atoms with E-state index in [2.05, 4.69) is 26.2 Å². The maximum atomic E-state index is 12.4. The number of sulfonamides is 1. The number of nitrogens with zero attached hydrogens (tertiary/aromatic N) is 2. The van der Waals surface area contributed by atoms with Gasteiger partial charge in [-0.3, -0.25) is 10.1 Å². The predicted octanol–water partition coefficient (Wildman–Crippen LogP) is 2.37. The van der Waals surface area contributed by atoms with Crippen LogP contribution in [0.5, 0.6) is 0 Å². The van der Waals surface area contributed by atoms with Crippen LogP contribution in [0.15, 0.2) is 59.5 Å². The second-order valence-corrected chi connectivity index (χ2v) is 8.03. The Balaban J connectivity index is 1.77. The molecule has 3 rings (SSSR count). The van der Waals surface area contributed by atoms with Crippen molar-refractivity contribution >= 4 is 32.4 Å². The van der Waals surface area contributed by atoms with Gasteiger partial charge in [0, 0.05) is 11.1 Å². The lowest BCUT2D eigenvalue weighted by atomic mass is 10.2. The van der Waals surface area contributed by atoms with Crippen molar-refractivity contribution in [1.82, 2.24) is 14.9 Å². The number of benzene rings is 2. The van der Waals surface area contributed by atoms with Crippen LogP contribution in [0.3, 0.4) is 0 Å². The zero-order valence-corrected chi connectivity index (χ0v) is 15.5. The topological polar surface area (TPSA) is 101 Å². The summed E-state index contributed by atoms with van der Waals surface area (Å²) in [6, 6.07) is 15.1. The first kappa shape index (κ1) is 18.7. The fourth-order valence-electron chi connectivity index (χ4n) is 2.16. The standard InChI is InChI=1S/C18H14N4O3S2/c1-2-11-19-27(24,25)15-10-6-9-14(12-15)16(23)20-18-22-21-17(26-18)13-7-4-3-5-8-13/h1,3-10,12,19H,11H2,(H,20,22,23). The van der Waals surface area contributed by atoms with E-state index in [1.54, 1.807) is 0 Å². The van der Waals surface area contributed by atoms with Gasteiger partial charge in [-0.15, -0.1) is 16.6 Å². The monoisotopic (exact) mass is 398 g/mol. The highest BCUT2D eigenvalue weighted by Crippen LogP contribution is 2.26. The Morgan fingerprint density at radius 2 is 1.89 bits per heavy atom. The minimum absolute atomic E-state index is 0.0485. The van der Waals surface area contributed by atoms with Crippen molar-refractivity contribution in [2.45, 2.75) is 4.90 Å². The third-order valence-corrected chi connectivity index (χ3v) is 5.72. The van der Waals surface area contributed by atoms with Gasteiger partial charge < -0.3 is 0 Å². The third-order valence-electron chi connectivity index (χ3n) is 3.44. The molecule has 0 aliphatic carbocycles. The van der Waals surface area contributed by atoms with Crippen molar-refractivity contribution in [3.8, 4) is 22.9 Å². The van der Waals surface area contributed by atoms with Crippen molar-refractivity contribution in [3.63, 3.8) is 0 Å². The molecule has 136 valence electrons. The summed E-state index contributed by atoms with van der Waals surface area (Å²) >= 11 is 1.22. The zero-order chi connectivity index (χ0) is 19.3. The van der Waals surface area contributed by atoms with E-state index >= 15 is 0 Å². The first-order valence-corrected chi connectivity index (χ1v) is 10.0. The van der Waals surface area contributed by atoms with Crippen molar-refractivity contribution in [1.29, 1.82) is 0 Å². The van der Waals surface area contributed by atoms with Gasteiger partial charge in [-0.25, -0.2) is 8.42 Å². The maximum absolute atomic E-state index is 12.4. The molecular formula is C18H14N4O3S2. The second kappa shape index (κ2) is 8.09. The second-order valence-electron chi connectivity index (χ2n) is 5.29. The summed E-state index contributed by atoms with van der Waals surface area (Å²) in [5.41, 5.74) is 1.07. The number of rotatable bonds is 6. The van der Waals surface area contributed by atoms with Gasteiger partial charge in [0.15, 0.2) is 0 Å². The molecule has 0 atom stereocenters. The van der Waals surface area contributed by atoms with Crippen molar-refractivity contribution < 1.29 is 13.2 Å². The minimum atomic E-state index is -3.78. The summed E-state index contributed by atoms with van der Waals surface area (Å²) in [6.45, 7) is -0.133. The molecule has 0 aliphatic rings. The van der Waals surface area contributed by atoms with Gasteiger partial charge in [-0.05, 0) is 18.2 Å². The molecule has 1 amide bonds. The molecule has 27 heavy (non-hydrogen) atoms. The Morgan fingerprint density at radius 3 is 2.63 bits per heavy atom. The SMILES string of the molecule is C#CCNS(=O)(=O)c1cccc(C(=O)Nc2nnc(-c3ccccc3)s2)c1. The van der Waals surface area contributed by atoms with E-state index in [-0.39, 0.29) is 17.0 Å². The quantitative estimate of drug-likeness (QED) is 0.621.